The average molecular weight is 466 g/mol. The summed E-state index contributed by atoms with van der Waals surface area (Å²) in [6.07, 6.45) is 0. The maximum absolute atomic E-state index is 13.4. The zero-order valence-corrected chi connectivity index (χ0v) is 19.4. The molecule has 0 fully saturated rings. The van der Waals surface area contributed by atoms with Gasteiger partial charge in [-0.3, -0.25) is 14.5 Å². The largest absolute Gasteiger partial charge is 0.497 e. The molecule has 0 spiro atoms. The van der Waals surface area contributed by atoms with E-state index in [-0.39, 0.29) is 30.9 Å². The molecule has 2 heterocycles. The second kappa shape index (κ2) is 9.34. The van der Waals surface area contributed by atoms with E-state index < -0.39 is 6.04 Å². The highest BCUT2D eigenvalue weighted by molar-refractivity contribution is 6.04. The number of nitrogens with zero attached hydrogens (tertiary/aromatic N) is 2. The summed E-state index contributed by atoms with van der Waals surface area (Å²) in [4.78, 5) is 41.6. The van der Waals surface area contributed by atoms with E-state index in [0.717, 1.165) is 0 Å². The normalized spacial score (nSPS) is 17.4. The van der Waals surface area contributed by atoms with Crippen LogP contribution in [0.25, 0.3) is 0 Å². The number of urea groups is 1. The molecule has 2 aromatic carbocycles. The van der Waals surface area contributed by atoms with E-state index in [1.54, 1.807) is 56.6 Å². The van der Waals surface area contributed by atoms with Gasteiger partial charge >= 0.3 is 6.03 Å². The van der Waals surface area contributed by atoms with Crippen LogP contribution in [0.5, 0.6) is 17.2 Å². The molecule has 10 nitrogen and oxygen atoms in total. The number of para-hydroxylation sites is 1. The Morgan fingerprint density at radius 3 is 2.44 bits per heavy atom. The molecule has 0 saturated carbocycles. The first kappa shape index (κ1) is 23.0. The number of carbonyl (C=O) groups is 3. The molecule has 4 amide bonds. The van der Waals surface area contributed by atoms with Gasteiger partial charge in [-0.05, 0) is 30.3 Å². The van der Waals surface area contributed by atoms with E-state index in [2.05, 4.69) is 10.6 Å². The van der Waals surface area contributed by atoms with Crippen molar-refractivity contribution in [3.05, 3.63) is 59.3 Å². The maximum Gasteiger partial charge on any atom is 0.322 e. The molecule has 1 unspecified atom stereocenters. The van der Waals surface area contributed by atoms with Gasteiger partial charge in [0.05, 0.1) is 45.2 Å². The molecule has 2 N–H and O–H groups in total. The first-order valence-electron chi connectivity index (χ1n) is 10.6. The number of rotatable bonds is 7. The second-order valence-electron chi connectivity index (χ2n) is 7.82. The molecule has 2 aromatic rings. The van der Waals surface area contributed by atoms with Crippen molar-refractivity contribution in [2.75, 3.05) is 46.8 Å². The van der Waals surface area contributed by atoms with Crippen LogP contribution in [0.4, 0.5) is 10.5 Å². The summed E-state index contributed by atoms with van der Waals surface area (Å²) in [5.41, 5.74) is 2.11. The molecule has 1 atom stereocenters. The minimum atomic E-state index is -0.745. The van der Waals surface area contributed by atoms with Crippen molar-refractivity contribution in [1.29, 1.82) is 0 Å². The number of nitrogens with one attached hydrogen (secondary N) is 2. The number of hydrogen-bond donors (Lipinski definition) is 2. The molecule has 2 aliphatic heterocycles. The Morgan fingerprint density at radius 1 is 1.06 bits per heavy atom. The lowest BCUT2D eigenvalue weighted by atomic mass is 9.94. The molecular weight excluding hydrogens is 440 g/mol. The number of amides is 4. The lowest BCUT2D eigenvalue weighted by molar-refractivity contribution is -0.130. The van der Waals surface area contributed by atoms with Gasteiger partial charge in [0.15, 0.2) is 11.5 Å². The van der Waals surface area contributed by atoms with Crippen LogP contribution in [-0.2, 0) is 9.59 Å². The van der Waals surface area contributed by atoms with Crippen molar-refractivity contribution < 1.29 is 28.6 Å². The summed E-state index contributed by atoms with van der Waals surface area (Å²) in [5, 5.41) is 5.65. The highest BCUT2D eigenvalue weighted by Crippen LogP contribution is 2.42. The highest BCUT2D eigenvalue weighted by Gasteiger charge is 2.44. The molecule has 0 saturated heterocycles. The molecule has 2 aliphatic rings. The van der Waals surface area contributed by atoms with E-state index >= 15 is 0 Å². The third-order valence-corrected chi connectivity index (χ3v) is 5.89. The maximum atomic E-state index is 13.4. The van der Waals surface area contributed by atoms with E-state index in [9.17, 15) is 14.4 Å². The predicted octanol–water partition coefficient (Wildman–Crippen LogP) is 2.14. The molecular formula is C24H26N4O6. The fourth-order valence-corrected chi connectivity index (χ4v) is 4.17. The topological polar surface area (TPSA) is 109 Å². The van der Waals surface area contributed by atoms with Crippen molar-refractivity contribution >= 4 is 23.5 Å². The van der Waals surface area contributed by atoms with Gasteiger partial charge in [0.25, 0.3) is 5.91 Å². The number of methoxy groups -OCH3 is 3. The quantitative estimate of drug-likeness (QED) is 0.647. The Bertz CT molecular complexity index is 1160. The molecule has 0 aromatic heterocycles. The van der Waals surface area contributed by atoms with Crippen molar-refractivity contribution in [3.8, 4) is 17.2 Å². The van der Waals surface area contributed by atoms with Crippen molar-refractivity contribution in [2.45, 2.75) is 6.04 Å². The molecule has 34 heavy (non-hydrogen) atoms. The Labute approximate surface area is 197 Å². The second-order valence-corrected chi connectivity index (χ2v) is 7.82. The van der Waals surface area contributed by atoms with Gasteiger partial charge in [0.2, 0.25) is 5.91 Å². The van der Waals surface area contributed by atoms with Gasteiger partial charge in [-0.2, -0.15) is 0 Å². The van der Waals surface area contributed by atoms with Gasteiger partial charge in [-0.15, -0.1) is 0 Å². The minimum Gasteiger partial charge on any atom is -0.497 e. The molecule has 0 aliphatic carbocycles. The summed E-state index contributed by atoms with van der Waals surface area (Å²) in [5.74, 6) is 0.896. The van der Waals surface area contributed by atoms with Crippen LogP contribution in [0.15, 0.2) is 53.7 Å². The first-order chi connectivity index (χ1) is 16.4. The third-order valence-electron chi connectivity index (χ3n) is 5.89. The van der Waals surface area contributed by atoms with Gasteiger partial charge in [0.1, 0.15) is 12.3 Å². The number of hydrogen-bond acceptors (Lipinski definition) is 6. The van der Waals surface area contributed by atoms with Crippen molar-refractivity contribution in [1.82, 2.24) is 15.1 Å². The number of ether oxygens (including phenoxy) is 3. The summed E-state index contributed by atoms with van der Waals surface area (Å²) < 4.78 is 16.0. The lowest BCUT2D eigenvalue weighted by Crippen LogP contribution is -2.45. The van der Waals surface area contributed by atoms with Crippen LogP contribution in [0.1, 0.15) is 11.6 Å². The van der Waals surface area contributed by atoms with Crippen LogP contribution < -0.4 is 24.8 Å². The molecule has 178 valence electrons. The average Bonchev–Trinajstić information content (AvgIpc) is 3.17. The SMILES string of the molecule is COc1ccc(NC(=O)CN2CC3=C(C2=O)C(c2cccc(OC)c2OC)NC(=O)N3C)cc1. The lowest BCUT2D eigenvalue weighted by Gasteiger charge is -2.31. The van der Waals surface area contributed by atoms with Gasteiger partial charge in [0, 0.05) is 18.3 Å². The Morgan fingerprint density at radius 2 is 1.79 bits per heavy atom. The first-order valence-corrected chi connectivity index (χ1v) is 10.6. The zero-order chi connectivity index (χ0) is 24.4. The van der Waals surface area contributed by atoms with Crippen LogP contribution in [0.2, 0.25) is 0 Å². The standard InChI is InChI=1S/C24H26N4O6/c1-27-17-12-28(13-19(29)25-14-8-10-15(32-2)11-9-14)23(30)20(17)21(26-24(27)31)16-6-5-7-18(33-3)22(16)34-4/h5-11,21H,12-13H2,1-4H3,(H,25,29)(H,26,31). The fourth-order valence-electron chi connectivity index (χ4n) is 4.17. The smallest absolute Gasteiger partial charge is 0.322 e. The van der Waals surface area contributed by atoms with Gasteiger partial charge < -0.3 is 29.7 Å². The van der Waals surface area contributed by atoms with Gasteiger partial charge in [-0.1, -0.05) is 12.1 Å². The van der Waals surface area contributed by atoms with E-state index in [4.69, 9.17) is 14.2 Å². The van der Waals surface area contributed by atoms with E-state index in [0.29, 0.717) is 39.8 Å². The molecule has 4 rings (SSSR count). The molecule has 0 bridgehead atoms. The number of likely N-dealkylation sites (N-methyl/N-ethyl adjacent to an activating group) is 1. The van der Waals surface area contributed by atoms with Crippen LogP contribution >= 0.6 is 0 Å². The zero-order valence-electron chi connectivity index (χ0n) is 19.4. The number of anilines is 1. The Hall–Kier alpha value is -4.21. The summed E-state index contributed by atoms with van der Waals surface area (Å²) in [7, 11) is 6.17. The third kappa shape index (κ3) is 4.09. The van der Waals surface area contributed by atoms with Crippen molar-refractivity contribution in [3.63, 3.8) is 0 Å². The fraction of sp³-hybridized carbons (Fsp3) is 0.292. The number of carbonyl (C=O) groups excluding carboxylic acids is 3. The number of benzene rings is 2. The molecule has 0 radical (unpaired) electrons. The van der Waals surface area contributed by atoms with Crippen molar-refractivity contribution in [2.24, 2.45) is 0 Å². The van der Waals surface area contributed by atoms with E-state index in [1.165, 1.54) is 24.0 Å². The Kier molecular flexibility index (Phi) is 6.31. The monoisotopic (exact) mass is 466 g/mol. The summed E-state index contributed by atoms with van der Waals surface area (Å²) in [6.45, 7) is -0.0290. The molecule has 10 heteroatoms. The van der Waals surface area contributed by atoms with Crippen LogP contribution in [0, 0.1) is 0 Å². The summed E-state index contributed by atoms with van der Waals surface area (Å²) in [6, 6.07) is 11.1. The van der Waals surface area contributed by atoms with Gasteiger partial charge in [-0.25, -0.2) is 4.79 Å². The van der Waals surface area contributed by atoms with E-state index in [1.807, 2.05) is 0 Å². The predicted molar refractivity (Wildman–Crippen MR) is 124 cm³/mol. The van der Waals surface area contributed by atoms with Crippen LogP contribution in [0.3, 0.4) is 0 Å². The summed E-state index contributed by atoms with van der Waals surface area (Å²) >= 11 is 0. The minimum absolute atomic E-state index is 0.136. The Balaban J connectivity index is 1.58. The van der Waals surface area contributed by atoms with Crippen LogP contribution in [-0.4, -0.2) is 69.1 Å². The highest BCUT2D eigenvalue weighted by atomic mass is 16.5.